The third-order valence-electron chi connectivity index (χ3n) is 6.99. The molecule has 0 atom stereocenters. The van der Waals surface area contributed by atoms with Crippen molar-refractivity contribution in [1.82, 2.24) is 0 Å². The summed E-state index contributed by atoms with van der Waals surface area (Å²) in [6.45, 7) is 10.4. The number of benzene rings is 5. The predicted molar refractivity (Wildman–Crippen MR) is 181 cm³/mol. The highest BCUT2D eigenvalue weighted by atomic mass is 32.2. The van der Waals surface area contributed by atoms with Crippen molar-refractivity contribution < 1.29 is 0 Å². The second-order valence-corrected chi connectivity index (χ2v) is 10.6. The second-order valence-electron chi connectivity index (χ2n) is 9.67. The van der Waals surface area contributed by atoms with Crippen LogP contribution < -0.4 is 4.90 Å². The smallest absolute Gasteiger partial charge is 0.0462 e. The molecule has 0 fully saturated rings. The molecule has 0 aliphatic carbocycles. The zero-order chi connectivity index (χ0) is 28.6. The molecule has 1 aliphatic rings. The van der Waals surface area contributed by atoms with Crippen molar-refractivity contribution in [2.75, 3.05) is 4.90 Å². The minimum atomic E-state index is 1.03. The molecule has 0 spiro atoms. The van der Waals surface area contributed by atoms with E-state index in [-0.39, 0.29) is 0 Å². The van der Waals surface area contributed by atoms with Crippen molar-refractivity contribution in [1.29, 1.82) is 0 Å². The summed E-state index contributed by atoms with van der Waals surface area (Å²) < 4.78 is 0. The van der Waals surface area contributed by atoms with Gasteiger partial charge in [0.25, 0.3) is 0 Å². The van der Waals surface area contributed by atoms with E-state index in [9.17, 15) is 0 Å². The number of hydrogen-bond acceptors (Lipinski definition) is 2. The molecule has 0 radical (unpaired) electrons. The fourth-order valence-corrected chi connectivity index (χ4v) is 5.64. The Labute approximate surface area is 249 Å². The Morgan fingerprint density at radius 2 is 1.07 bits per heavy atom. The van der Waals surface area contributed by atoms with E-state index in [2.05, 4.69) is 157 Å². The quantitative estimate of drug-likeness (QED) is 0.214. The van der Waals surface area contributed by atoms with E-state index in [4.69, 9.17) is 0 Å². The summed E-state index contributed by atoms with van der Waals surface area (Å²) in [5.74, 6) is 0. The van der Waals surface area contributed by atoms with Gasteiger partial charge in [-0.15, -0.1) is 0 Å². The molecule has 0 saturated heterocycles. The Morgan fingerprint density at radius 3 is 1.68 bits per heavy atom. The third-order valence-corrected chi connectivity index (χ3v) is 7.89. The fourth-order valence-electron chi connectivity index (χ4n) is 4.86. The van der Waals surface area contributed by atoms with Crippen molar-refractivity contribution in [3.63, 3.8) is 0 Å². The van der Waals surface area contributed by atoms with E-state index < -0.39 is 0 Å². The van der Waals surface area contributed by atoms with Gasteiger partial charge in [0.05, 0.1) is 0 Å². The van der Waals surface area contributed by atoms with Gasteiger partial charge in [-0.2, -0.15) is 0 Å². The topological polar surface area (TPSA) is 3.24 Å². The molecule has 1 heterocycles. The fraction of sp³-hybridized carbons (Fsp3) is 0.0769. The largest absolute Gasteiger partial charge is 0.311 e. The van der Waals surface area contributed by atoms with Crippen LogP contribution in [0, 0.1) is 6.92 Å². The number of thioether (sulfide) groups is 1. The first-order chi connectivity index (χ1) is 20.2. The summed E-state index contributed by atoms with van der Waals surface area (Å²) in [6.07, 6.45) is 6.18. The maximum absolute atomic E-state index is 4.28. The summed E-state index contributed by atoms with van der Waals surface area (Å²) in [6, 6.07) is 43.5. The number of nitrogens with zero attached hydrogens (tertiary/aromatic N) is 1. The van der Waals surface area contributed by atoms with Crippen molar-refractivity contribution in [2.24, 2.45) is 0 Å². The molecule has 6 rings (SSSR count). The lowest BCUT2D eigenvalue weighted by molar-refractivity contribution is 1.28. The summed E-state index contributed by atoms with van der Waals surface area (Å²) in [5.41, 5.74) is 11.7. The van der Waals surface area contributed by atoms with Crippen LogP contribution in [0.15, 0.2) is 156 Å². The number of aryl methyl sites for hydroxylation is 1. The van der Waals surface area contributed by atoms with Gasteiger partial charge in [-0.05, 0) is 94.3 Å². The molecular weight excluding hydrogens is 515 g/mol. The SMILES string of the molecule is C=C1/C=C\C=C/Sc2ccc(-c3ccc(N(c4ccccc4)c4ccc(-c5ccc(C)cc5)cc4)cc3)cc21.CC. The standard InChI is InChI=1S/C37H29NS.C2H6/c1-27-11-13-29(14-12-27)30-15-20-34(21-16-30)38(33-9-4-3-5-10-33)35-22-17-31(18-23-35)32-19-24-37-36(26-32)28(2)8-6-7-25-39-37;1-2/h3-26H,2H2,1H3;1-2H3/b8-6-,25-7-;. The van der Waals surface area contributed by atoms with Crippen LogP contribution in [0.1, 0.15) is 25.0 Å². The number of hydrogen-bond donors (Lipinski definition) is 0. The van der Waals surface area contributed by atoms with Crippen LogP contribution in [0.4, 0.5) is 17.1 Å². The number of fused-ring (bicyclic) bond motifs is 1. The number of allylic oxidation sites excluding steroid dienone is 4. The predicted octanol–water partition coefficient (Wildman–Crippen LogP) is 12.0. The highest BCUT2D eigenvalue weighted by Crippen LogP contribution is 2.38. The minimum Gasteiger partial charge on any atom is -0.311 e. The lowest BCUT2D eigenvalue weighted by atomic mass is 9.99. The number of anilines is 3. The zero-order valence-corrected chi connectivity index (χ0v) is 24.7. The average Bonchev–Trinajstić information content (AvgIpc) is 3.03. The number of rotatable bonds is 5. The van der Waals surface area contributed by atoms with Crippen LogP contribution in [0.3, 0.4) is 0 Å². The summed E-state index contributed by atoms with van der Waals surface area (Å²) in [5, 5.41) is 2.11. The summed E-state index contributed by atoms with van der Waals surface area (Å²) >= 11 is 1.73. The monoisotopic (exact) mass is 549 g/mol. The van der Waals surface area contributed by atoms with Crippen LogP contribution in [0.2, 0.25) is 0 Å². The molecule has 0 unspecified atom stereocenters. The lowest BCUT2D eigenvalue weighted by Crippen LogP contribution is -2.09. The first-order valence-corrected chi connectivity index (χ1v) is 15.0. The molecule has 5 aromatic carbocycles. The molecule has 2 heteroatoms. The Balaban J connectivity index is 0.00000165. The highest BCUT2D eigenvalue weighted by Gasteiger charge is 2.14. The van der Waals surface area contributed by atoms with Gasteiger partial charge >= 0.3 is 0 Å². The number of para-hydroxylation sites is 1. The molecular formula is C39H35NS. The molecule has 202 valence electrons. The van der Waals surface area contributed by atoms with Gasteiger partial charge in [-0.25, -0.2) is 0 Å². The Morgan fingerprint density at radius 1 is 0.561 bits per heavy atom. The Kier molecular flexibility index (Phi) is 9.03. The van der Waals surface area contributed by atoms with Crippen LogP contribution in [-0.2, 0) is 0 Å². The zero-order valence-electron chi connectivity index (χ0n) is 23.9. The van der Waals surface area contributed by atoms with Gasteiger partial charge in [0.15, 0.2) is 0 Å². The minimum absolute atomic E-state index is 1.03. The molecule has 0 bridgehead atoms. The van der Waals surface area contributed by atoms with Crippen molar-refractivity contribution in [3.05, 3.63) is 163 Å². The Hall–Kier alpha value is -4.53. The van der Waals surface area contributed by atoms with Crippen molar-refractivity contribution in [2.45, 2.75) is 25.7 Å². The molecule has 0 aromatic heterocycles. The molecule has 1 aliphatic heterocycles. The van der Waals surface area contributed by atoms with E-state index in [1.807, 2.05) is 19.9 Å². The molecule has 0 saturated carbocycles. The first kappa shape index (κ1) is 28.0. The Bertz CT molecular complexity index is 1660. The van der Waals surface area contributed by atoms with Gasteiger partial charge in [0, 0.05) is 22.0 Å². The maximum atomic E-state index is 4.28. The normalized spacial score (nSPS) is 13.6. The van der Waals surface area contributed by atoms with Gasteiger partial charge in [-0.3, -0.25) is 0 Å². The van der Waals surface area contributed by atoms with Crippen molar-refractivity contribution >= 4 is 34.4 Å². The molecule has 0 amide bonds. The highest BCUT2D eigenvalue weighted by molar-refractivity contribution is 8.02. The molecule has 5 aromatic rings. The van der Waals surface area contributed by atoms with Gasteiger partial charge in [0.1, 0.15) is 0 Å². The van der Waals surface area contributed by atoms with E-state index in [1.165, 1.54) is 38.3 Å². The van der Waals surface area contributed by atoms with Crippen LogP contribution in [0.25, 0.3) is 27.8 Å². The van der Waals surface area contributed by atoms with E-state index >= 15 is 0 Å². The van der Waals surface area contributed by atoms with Gasteiger partial charge < -0.3 is 4.90 Å². The van der Waals surface area contributed by atoms with Crippen molar-refractivity contribution in [3.8, 4) is 22.3 Å². The average molecular weight is 550 g/mol. The molecule has 0 N–H and O–H groups in total. The third kappa shape index (κ3) is 6.45. The molecule has 1 nitrogen and oxygen atoms in total. The first-order valence-electron chi connectivity index (χ1n) is 14.1. The van der Waals surface area contributed by atoms with Crippen LogP contribution in [-0.4, -0.2) is 0 Å². The maximum Gasteiger partial charge on any atom is 0.0462 e. The second kappa shape index (κ2) is 13.2. The lowest BCUT2D eigenvalue weighted by Gasteiger charge is -2.26. The van der Waals surface area contributed by atoms with E-state index in [1.54, 1.807) is 11.8 Å². The van der Waals surface area contributed by atoms with Crippen LogP contribution in [0.5, 0.6) is 0 Å². The summed E-state index contributed by atoms with van der Waals surface area (Å²) in [7, 11) is 0. The molecule has 41 heavy (non-hydrogen) atoms. The van der Waals surface area contributed by atoms with Gasteiger partial charge in [-0.1, -0.05) is 129 Å². The summed E-state index contributed by atoms with van der Waals surface area (Å²) in [4.78, 5) is 3.53. The van der Waals surface area contributed by atoms with Gasteiger partial charge in [0.2, 0.25) is 0 Å². The van der Waals surface area contributed by atoms with Crippen LogP contribution >= 0.6 is 11.8 Å². The van der Waals surface area contributed by atoms with E-state index in [0.29, 0.717) is 0 Å². The van der Waals surface area contributed by atoms with E-state index in [0.717, 1.165) is 22.6 Å².